The fraction of sp³-hybridized carbons (Fsp3) is 0.235. The molecule has 110 valence electrons. The molecule has 0 aliphatic heterocycles. The molecule has 2 rings (SSSR count). The molecule has 0 bridgehead atoms. The van der Waals surface area contributed by atoms with E-state index >= 15 is 0 Å². The van der Waals surface area contributed by atoms with Crippen LogP contribution in [0.15, 0.2) is 59.1 Å². The largest absolute Gasteiger partial charge is 0.444 e. The molecule has 0 N–H and O–H groups in total. The third-order valence-corrected chi connectivity index (χ3v) is 3.70. The van der Waals surface area contributed by atoms with Crippen molar-refractivity contribution in [2.75, 3.05) is 4.90 Å². The lowest BCUT2D eigenvalue weighted by Gasteiger charge is -2.27. The molecule has 3 nitrogen and oxygen atoms in total. The van der Waals surface area contributed by atoms with Crippen LogP contribution in [0, 0.1) is 0 Å². The number of amides is 1. The van der Waals surface area contributed by atoms with Crippen LogP contribution in [0.25, 0.3) is 0 Å². The molecule has 0 atom stereocenters. The third-order valence-electron chi connectivity index (χ3n) is 3.03. The molecule has 0 aliphatic rings. The molecule has 4 heteroatoms. The smallest absolute Gasteiger partial charge is 0.414 e. The van der Waals surface area contributed by atoms with Crippen LogP contribution in [-0.2, 0) is 11.3 Å². The van der Waals surface area contributed by atoms with Crippen molar-refractivity contribution in [3.05, 3.63) is 64.6 Å². The summed E-state index contributed by atoms with van der Waals surface area (Å²) in [6.45, 7) is 4.19. The van der Waals surface area contributed by atoms with Crippen LogP contribution in [-0.4, -0.2) is 12.1 Å². The van der Waals surface area contributed by atoms with E-state index in [9.17, 15) is 4.79 Å². The first kappa shape index (κ1) is 15.6. The quantitative estimate of drug-likeness (QED) is 0.778. The molecule has 0 aliphatic carbocycles. The lowest BCUT2D eigenvalue weighted by Crippen LogP contribution is -2.37. The number of benzene rings is 2. The summed E-state index contributed by atoms with van der Waals surface area (Å²) < 4.78 is 6.30. The van der Waals surface area contributed by atoms with Gasteiger partial charge in [0.2, 0.25) is 0 Å². The van der Waals surface area contributed by atoms with Crippen molar-refractivity contribution in [2.24, 2.45) is 0 Å². The van der Waals surface area contributed by atoms with Crippen LogP contribution in [0.1, 0.15) is 19.4 Å². The van der Waals surface area contributed by atoms with Crippen molar-refractivity contribution in [2.45, 2.75) is 26.5 Å². The highest BCUT2D eigenvalue weighted by Gasteiger charge is 2.22. The van der Waals surface area contributed by atoms with E-state index in [0.29, 0.717) is 0 Å². The molecule has 0 spiro atoms. The maximum absolute atomic E-state index is 12.4. The van der Waals surface area contributed by atoms with Gasteiger partial charge < -0.3 is 4.74 Å². The monoisotopic (exact) mass is 347 g/mol. The van der Waals surface area contributed by atoms with Gasteiger partial charge in [0.25, 0.3) is 0 Å². The van der Waals surface area contributed by atoms with Gasteiger partial charge in [0.05, 0.1) is 5.69 Å². The van der Waals surface area contributed by atoms with Crippen LogP contribution >= 0.6 is 15.9 Å². The normalized spacial score (nSPS) is 10.5. The number of ether oxygens (including phenoxy) is 1. The molecule has 0 saturated carbocycles. The van der Waals surface area contributed by atoms with Crippen molar-refractivity contribution >= 4 is 27.7 Å². The zero-order valence-corrected chi connectivity index (χ0v) is 13.7. The Balaban J connectivity index is 2.12. The lowest BCUT2D eigenvalue weighted by molar-refractivity contribution is 0.145. The molecule has 1 amide bonds. The van der Waals surface area contributed by atoms with Gasteiger partial charge in [0.15, 0.2) is 0 Å². The van der Waals surface area contributed by atoms with Gasteiger partial charge in [-0.2, -0.15) is 0 Å². The molecule has 2 aromatic rings. The number of carbonyl (C=O) groups excluding carboxylic acids is 1. The van der Waals surface area contributed by atoms with Gasteiger partial charge in [-0.25, -0.2) is 4.79 Å². The first-order valence-corrected chi connectivity index (χ1v) is 7.63. The maximum Gasteiger partial charge on any atom is 0.414 e. The van der Waals surface area contributed by atoms with Crippen LogP contribution < -0.4 is 4.90 Å². The van der Waals surface area contributed by atoms with Gasteiger partial charge in [-0.05, 0) is 47.5 Å². The number of anilines is 1. The molecule has 0 saturated heterocycles. The van der Waals surface area contributed by atoms with Crippen LogP contribution in [0.4, 0.5) is 10.5 Å². The number of hydrogen-bond acceptors (Lipinski definition) is 2. The van der Waals surface area contributed by atoms with Gasteiger partial charge in [0, 0.05) is 10.5 Å². The Labute approximate surface area is 133 Å². The summed E-state index contributed by atoms with van der Waals surface area (Å²) in [5, 5.41) is 0. The van der Waals surface area contributed by atoms with E-state index < -0.39 is 0 Å². The Bertz CT molecular complexity index is 599. The number of nitrogens with zero attached hydrogens (tertiary/aromatic N) is 1. The number of halogens is 1. The SMILES string of the molecule is CC(C)N(C(=O)OCc1ccccc1)c1ccccc1Br. The summed E-state index contributed by atoms with van der Waals surface area (Å²) in [6.07, 6.45) is -0.347. The topological polar surface area (TPSA) is 29.5 Å². The number of para-hydroxylation sites is 1. The standard InChI is InChI=1S/C17H18BrNO2/c1-13(2)19(16-11-7-6-10-15(16)18)17(20)21-12-14-8-4-3-5-9-14/h3-11,13H,12H2,1-2H3. The second-order valence-electron chi connectivity index (χ2n) is 4.96. The summed E-state index contributed by atoms with van der Waals surface area (Å²) in [7, 11) is 0. The van der Waals surface area contributed by atoms with Crippen molar-refractivity contribution < 1.29 is 9.53 Å². The zero-order chi connectivity index (χ0) is 15.2. The molecule has 0 radical (unpaired) electrons. The van der Waals surface area contributed by atoms with Gasteiger partial charge in [-0.3, -0.25) is 4.90 Å². The Morgan fingerprint density at radius 2 is 1.71 bits per heavy atom. The molecule has 0 fully saturated rings. The molecular weight excluding hydrogens is 330 g/mol. The number of carbonyl (C=O) groups is 1. The summed E-state index contributed by atoms with van der Waals surface area (Å²) in [5.74, 6) is 0. The van der Waals surface area contributed by atoms with E-state index in [1.165, 1.54) is 0 Å². The lowest BCUT2D eigenvalue weighted by atomic mass is 10.2. The minimum Gasteiger partial charge on any atom is -0.444 e. The highest BCUT2D eigenvalue weighted by Crippen LogP contribution is 2.28. The molecule has 21 heavy (non-hydrogen) atoms. The molecule has 0 aromatic heterocycles. The van der Waals surface area contributed by atoms with Crippen LogP contribution in [0.2, 0.25) is 0 Å². The van der Waals surface area contributed by atoms with E-state index in [1.807, 2.05) is 68.4 Å². The molecule has 0 heterocycles. The predicted molar refractivity (Wildman–Crippen MR) is 88.4 cm³/mol. The van der Waals surface area contributed by atoms with E-state index in [0.717, 1.165) is 15.7 Å². The summed E-state index contributed by atoms with van der Waals surface area (Å²) in [4.78, 5) is 14.0. The number of rotatable bonds is 4. The first-order chi connectivity index (χ1) is 10.1. The molecular formula is C17H18BrNO2. The van der Waals surface area contributed by atoms with E-state index in [2.05, 4.69) is 15.9 Å². The van der Waals surface area contributed by atoms with Gasteiger partial charge in [0.1, 0.15) is 6.61 Å². The maximum atomic E-state index is 12.4. The first-order valence-electron chi connectivity index (χ1n) is 6.84. The summed E-state index contributed by atoms with van der Waals surface area (Å²) in [5.41, 5.74) is 1.78. The van der Waals surface area contributed by atoms with Gasteiger partial charge in [-0.15, -0.1) is 0 Å². The van der Waals surface area contributed by atoms with Crippen molar-refractivity contribution in [3.8, 4) is 0 Å². The number of hydrogen-bond donors (Lipinski definition) is 0. The minimum atomic E-state index is -0.347. The highest BCUT2D eigenvalue weighted by atomic mass is 79.9. The summed E-state index contributed by atoms with van der Waals surface area (Å²) in [6, 6.07) is 17.3. The van der Waals surface area contributed by atoms with Gasteiger partial charge >= 0.3 is 6.09 Å². The van der Waals surface area contributed by atoms with Crippen molar-refractivity contribution in [1.82, 2.24) is 0 Å². The fourth-order valence-electron chi connectivity index (χ4n) is 2.02. The highest BCUT2D eigenvalue weighted by molar-refractivity contribution is 9.10. The minimum absolute atomic E-state index is 0.00646. The Kier molecular flexibility index (Phi) is 5.39. The average Bonchev–Trinajstić information content (AvgIpc) is 2.48. The predicted octanol–water partition coefficient (Wildman–Crippen LogP) is 5.00. The fourth-order valence-corrected chi connectivity index (χ4v) is 2.50. The van der Waals surface area contributed by atoms with E-state index in [4.69, 9.17) is 4.74 Å². The van der Waals surface area contributed by atoms with Crippen molar-refractivity contribution in [3.63, 3.8) is 0 Å². The Hall–Kier alpha value is -1.81. The van der Waals surface area contributed by atoms with Crippen molar-refractivity contribution in [1.29, 1.82) is 0 Å². The zero-order valence-electron chi connectivity index (χ0n) is 12.1. The van der Waals surface area contributed by atoms with Gasteiger partial charge in [-0.1, -0.05) is 42.5 Å². The molecule has 2 aromatic carbocycles. The average molecular weight is 348 g/mol. The Morgan fingerprint density at radius 1 is 1.10 bits per heavy atom. The third kappa shape index (κ3) is 4.08. The molecule has 0 unspecified atom stereocenters. The van der Waals surface area contributed by atoms with Crippen LogP contribution in [0.3, 0.4) is 0 Å². The van der Waals surface area contributed by atoms with E-state index in [1.54, 1.807) is 4.90 Å². The van der Waals surface area contributed by atoms with E-state index in [-0.39, 0.29) is 18.7 Å². The summed E-state index contributed by atoms with van der Waals surface area (Å²) >= 11 is 3.48. The second-order valence-corrected chi connectivity index (χ2v) is 5.81. The Morgan fingerprint density at radius 3 is 2.33 bits per heavy atom. The van der Waals surface area contributed by atoms with Crippen LogP contribution in [0.5, 0.6) is 0 Å². The second kappa shape index (κ2) is 7.27.